The number of hydrogen-bond acceptors (Lipinski definition) is 4. The molecule has 126 valence electrons. The number of hydrogen-bond donors (Lipinski definition) is 2. The van der Waals surface area contributed by atoms with Crippen LogP contribution in [0.1, 0.15) is 36.2 Å². The number of rotatable bonds is 6. The number of aliphatic carboxylic acids is 1. The lowest BCUT2D eigenvalue weighted by molar-refractivity contribution is -0.154. The fourth-order valence-electron chi connectivity index (χ4n) is 2.32. The zero-order chi connectivity index (χ0) is 17.1. The molecule has 1 aromatic heterocycles. The van der Waals surface area contributed by atoms with Crippen molar-refractivity contribution in [2.24, 2.45) is 0 Å². The Morgan fingerprint density at radius 1 is 1.35 bits per heavy atom. The van der Waals surface area contributed by atoms with Gasteiger partial charge in [-0.2, -0.15) is 13.2 Å². The van der Waals surface area contributed by atoms with Crippen LogP contribution in [0.15, 0.2) is 18.2 Å². The number of pyridine rings is 1. The first kappa shape index (κ1) is 17.0. The molecule has 0 saturated heterocycles. The number of aromatic nitrogens is 1. The van der Waals surface area contributed by atoms with Crippen LogP contribution in [0.25, 0.3) is 0 Å². The van der Waals surface area contributed by atoms with E-state index in [9.17, 15) is 22.8 Å². The molecule has 1 saturated carbocycles. The van der Waals surface area contributed by atoms with E-state index in [2.05, 4.69) is 15.0 Å². The predicted octanol–water partition coefficient (Wildman–Crippen LogP) is 2.15. The molecule has 0 radical (unpaired) electrons. The maximum Gasteiger partial charge on any atom is 0.422 e. The topological polar surface area (TPSA) is 88.5 Å². The first-order chi connectivity index (χ1) is 10.7. The Hall–Kier alpha value is -2.32. The number of nitrogens with zero attached hydrogens (tertiary/aromatic N) is 1. The molecule has 0 unspecified atom stereocenters. The van der Waals surface area contributed by atoms with Crippen LogP contribution in [0.2, 0.25) is 0 Å². The molecule has 23 heavy (non-hydrogen) atoms. The smallest absolute Gasteiger partial charge is 0.422 e. The number of halogens is 3. The third kappa shape index (κ3) is 4.83. The van der Waals surface area contributed by atoms with E-state index >= 15 is 0 Å². The second-order valence-corrected chi connectivity index (χ2v) is 5.42. The van der Waals surface area contributed by atoms with Gasteiger partial charge in [-0.25, -0.2) is 4.98 Å². The molecule has 1 amide bonds. The highest BCUT2D eigenvalue weighted by Crippen LogP contribution is 2.35. The molecule has 1 aromatic rings. The number of amides is 1. The average Bonchev–Trinajstić information content (AvgIpc) is 2.41. The van der Waals surface area contributed by atoms with Crippen LogP contribution in [0.3, 0.4) is 0 Å². The predicted molar refractivity (Wildman–Crippen MR) is 72.1 cm³/mol. The highest BCUT2D eigenvalue weighted by molar-refractivity contribution is 5.93. The molecule has 0 spiro atoms. The highest BCUT2D eigenvalue weighted by Gasteiger charge is 2.40. The van der Waals surface area contributed by atoms with Crippen molar-refractivity contribution in [1.29, 1.82) is 0 Å². The van der Waals surface area contributed by atoms with Gasteiger partial charge in [0.15, 0.2) is 6.61 Å². The largest absolute Gasteiger partial charge is 0.481 e. The van der Waals surface area contributed by atoms with Crippen molar-refractivity contribution >= 4 is 11.9 Å². The maximum absolute atomic E-state index is 12.1. The van der Waals surface area contributed by atoms with Gasteiger partial charge >= 0.3 is 12.1 Å². The summed E-state index contributed by atoms with van der Waals surface area (Å²) in [7, 11) is 0. The van der Waals surface area contributed by atoms with Gasteiger partial charge in [0.1, 0.15) is 5.69 Å². The quantitative estimate of drug-likeness (QED) is 0.833. The van der Waals surface area contributed by atoms with Gasteiger partial charge < -0.3 is 15.2 Å². The minimum absolute atomic E-state index is 0.124. The first-order valence-electron chi connectivity index (χ1n) is 6.90. The Balaban J connectivity index is 2.03. The van der Waals surface area contributed by atoms with Crippen molar-refractivity contribution in [3.05, 3.63) is 23.9 Å². The van der Waals surface area contributed by atoms with Crippen LogP contribution in [-0.4, -0.2) is 40.3 Å². The van der Waals surface area contributed by atoms with Crippen LogP contribution >= 0.6 is 0 Å². The van der Waals surface area contributed by atoms with Gasteiger partial charge in [-0.3, -0.25) is 9.59 Å². The Kier molecular flexibility index (Phi) is 4.76. The summed E-state index contributed by atoms with van der Waals surface area (Å²) in [4.78, 5) is 26.7. The van der Waals surface area contributed by atoms with E-state index in [1.54, 1.807) is 0 Å². The van der Waals surface area contributed by atoms with Crippen molar-refractivity contribution in [2.75, 3.05) is 6.61 Å². The fraction of sp³-hybridized carbons (Fsp3) is 0.500. The molecule has 1 aliphatic rings. The lowest BCUT2D eigenvalue weighted by atomic mass is 9.74. The molecule has 0 atom stereocenters. The molecule has 1 heterocycles. The van der Waals surface area contributed by atoms with Crippen LogP contribution < -0.4 is 10.1 Å². The van der Waals surface area contributed by atoms with Crippen molar-refractivity contribution in [1.82, 2.24) is 10.3 Å². The minimum atomic E-state index is -4.50. The van der Waals surface area contributed by atoms with Crippen LogP contribution in [0, 0.1) is 0 Å². The summed E-state index contributed by atoms with van der Waals surface area (Å²) >= 11 is 0. The van der Waals surface area contributed by atoms with Gasteiger partial charge in [0.05, 0.1) is 12.0 Å². The normalized spacial score (nSPS) is 16.3. The molecule has 1 aliphatic carbocycles. The minimum Gasteiger partial charge on any atom is -0.481 e. The fourth-order valence-corrected chi connectivity index (χ4v) is 2.32. The van der Waals surface area contributed by atoms with Crippen LogP contribution in [-0.2, 0) is 4.79 Å². The van der Waals surface area contributed by atoms with E-state index in [4.69, 9.17) is 5.11 Å². The van der Waals surface area contributed by atoms with E-state index in [1.807, 2.05) is 0 Å². The summed E-state index contributed by atoms with van der Waals surface area (Å²) in [5.41, 5.74) is -0.936. The van der Waals surface area contributed by atoms with Gasteiger partial charge in [-0.15, -0.1) is 0 Å². The van der Waals surface area contributed by atoms with Crippen LogP contribution in [0.5, 0.6) is 5.88 Å². The summed E-state index contributed by atoms with van der Waals surface area (Å²) < 4.78 is 40.8. The van der Waals surface area contributed by atoms with E-state index < -0.39 is 30.2 Å². The second kappa shape index (κ2) is 6.43. The molecule has 0 aliphatic heterocycles. The molecule has 2 rings (SSSR count). The summed E-state index contributed by atoms with van der Waals surface area (Å²) in [6, 6.07) is 3.88. The third-order valence-corrected chi connectivity index (χ3v) is 3.52. The summed E-state index contributed by atoms with van der Waals surface area (Å²) in [5, 5.41) is 11.5. The Bertz CT molecular complexity index is 600. The number of ether oxygens (including phenoxy) is 1. The van der Waals surface area contributed by atoms with E-state index in [1.165, 1.54) is 18.2 Å². The average molecular weight is 332 g/mol. The molecule has 2 N–H and O–H groups in total. The van der Waals surface area contributed by atoms with Crippen molar-refractivity contribution in [2.45, 2.75) is 37.4 Å². The number of carbonyl (C=O) groups excluding carboxylic acids is 1. The molecule has 9 heteroatoms. The van der Waals surface area contributed by atoms with Gasteiger partial charge in [0.25, 0.3) is 5.91 Å². The number of carboxylic acids is 1. The highest BCUT2D eigenvalue weighted by atomic mass is 19.4. The molecule has 0 aromatic carbocycles. The Labute approximate surface area is 129 Å². The first-order valence-corrected chi connectivity index (χ1v) is 6.90. The molecule has 0 bridgehead atoms. The SMILES string of the molecule is O=C(O)CC1(NC(=O)c2cccc(OCC(F)(F)F)n2)CCC1. The molecule has 6 nitrogen and oxygen atoms in total. The Morgan fingerprint density at radius 2 is 2.04 bits per heavy atom. The summed E-state index contributed by atoms with van der Waals surface area (Å²) in [6.07, 6.45) is -2.83. The number of alkyl halides is 3. The van der Waals surface area contributed by atoms with Crippen molar-refractivity contribution in [3.8, 4) is 5.88 Å². The van der Waals surface area contributed by atoms with E-state index in [-0.39, 0.29) is 18.0 Å². The monoisotopic (exact) mass is 332 g/mol. The molecular weight excluding hydrogens is 317 g/mol. The summed E-state index contributed by atoms with van der Waals surface area (Å²) in [5.74, 6) is -1.99. The van der Waals surface area contributed by atoms with E-state index in [0.717, 1.165) is 6.42 Å². The van der Waals surface area contributed by atoms with Gasteiger partial charge in [-0.1, -0.05) is 6.07 Å². The lowest BCUT2D eigenvalue weighted by Crippen LogP contribution is -2.54. The zero-order valence-electron chi connectivity index (χ0n) is 12.0. The molecular formula is C14H15F3N2O4. The zero-order valence-corrected chi connectivity index (χ0v) is 12.0. The van der Waals surface area contributed by atoms with Crippen molar-refractivity contribution in [3.63, 3.8) is 0 Å². The Morgan fingerprint density at radius 3 is 2.57 bits per heavy atom. The number of carboxylic acid groups (broad SMARTS) is 1. The van der Waals surface area contributed by atoms with Crippen molar-refractivity contribution < 1.29 is 32.6 Å². The van der Waals surface area contributed by atoms with Crippen LogP contribution in [0.4, 0.5) is 13.2 Å². The lowest BCUT2D eigenvalue weighted by Gasteiger charge is -2.41. The second-order valence-electron chi connectivity index (χ2n) is 5.42. The standard InChI is InChI=1S/C14H15F3N2O4/c15-14(16,17)8-23-10-4-1-3-9(18-10)12(22)19-13(5-2-6-13)7-11(20)21/h1,3-4H,2,5-8H2,(H,19,22)(H,20,21). The number of carbonyl (C=O) groups is 2. The van der Waals surface area contributed by atoms with E-state index in [0.29, 0.717) is 12.8 Å². The van der Waals surface area contributed by atoms with Gasteiger partial charge in [0.2, 0.25) is 5.88 Å². The number of nitrogens with one attached hydrogen (secondary N) is 1. The maximum atomic E-state index is 12.1. The van der Waals surface area contributed by atoms with Gasteiger partial charge in [-0.05, 0) is 25.3 Å². The summed E-state index contributed by atoms with van der Waals surface area (Å²) in [6.45, 7) is -1.51. The molecule has 1 fully saturated rings. The van der Waals surface area contributed by atoms with Gasteiger partial charge in [0, 0.05) is 6.07 Å². The third-order valence-electron chi connectivity index (χ3n) is 3.52.